The Morgan fingerprint density at radius 1 is 0.958 bits per heavy atom. The van der Waals surface area contributed by atoms with E-state index in [1.807, 2.05) is 13.8 Å². The Balaban J connectivity index is 2.50. The molecule has 3 amide bonds. The largest absolute Gasteiger partial charge is 0.353 e. The zero-order valence-electron chi connectivity index (χ0n) is 14.9. The summed E-state index contributed by atoms with van der Waals surface area (Å²) in [5.41, 5.74) is 1.16. The minimum absolute atomic E-state index is 0.0723. The number of carbonyl (C=O) groups excluding carboxylic acids is 3. The topological polar surface area (TPSA) is 81.8 Å². The summed E-state index contributed by atoms with van der Waals surface area (Å²) in [6, 6.07) is 6.76. The molecular formula is C17H26N4O3. The lowest BCUT2D eigenvalue weighted by Crippen LogP contribution is -2.41. The molecule has 0 saturated heterocycles. The standard InChI is InChI=1S/C17H26N4O3/c1-12(2)18-15(22)10-21(5)11-16(23)19-14-8-6-13(7-9-14)17(24)20(3)4/h6-9,12H,10-11H2,1-5H3,(H,18,22)(H,19,23). The molecule has 0 spiro atoms. The van der Waals surface area contributed by atoms with Crippen molar-refractivity contribution in [2.75, 3.05) is 39.5 Å². The number of hydrogen-bond acceptors (Lipinski definition) is 4. The van der Waals surface area contributed by atoms with Gasteiger partial charge in [0.2, 0.25) is 11.8 Å². The van der Waals surface area contributed by atoms with Crippen molar-refractivity contribution in [3.63, 3.8) is 0 Å². The second kappa shape index (κ2) is 9.02. The van der Waals surface area contributed by atoms with E-state index in [1.54, 1.807) is 50.3 Å². The van der Waals surface area contributed by atoms with Gasteiger partial charge in [0.05, 0.1) is 13.1 Å². The summed E-state index contributed by atoms with van der Waals surface area (Å²) < 4.78 is 0. The molecule has 7 heteroatoms. The average Bonchev–Trinajstić information content (AvgIpc) is 2.45. The van der Waals surface area contributed by atoms with E-state index in [9.17, 15) is 14.4 Å². The predicted molar refractivity (Wildman–Crippen MR) is 93.9 cm³/mol. The van der Waals surface area contributed by atoms with E-state index >= 15 is 0 Å². The quantitative estimate of drug-likeness (QED) is 0.772. The highest BCUT2D eigenvalue weighted by Crippen LogP contribution is 2.10. The third kappa shape index (κ3) is 6.78. The van der Waals surface area contributed by atoms with Crippen LogP contribution in [0.4, 0.5) is 5.69 Å². The summed E-state index contributed by atoms with van der Waals surface area (Å²) in [5.74, 6) is -0.433. The summed E-state index contributed by atoms with van der Waals surface area (Å²) in [4.78, 5) is 38.6. The van der Waals surface area contributed by atoms with Crippen LogP contribution in [0.15, 0.2) is 24.3 Å². The van der Waals surface area contributed by atoms with Crippen molar-refractivity contribution in [2.24, 2.45) is 0 Å². The molecule has 0 aliphatic carbocycles. The molecule has 24 heavy (non-hydrogen) atoms. The van der Waals surface area contributed by atoms with Crippen LogP contribution in [-0.4, -0.2) is 67.8 Å². The Morgan fingerprint density at radius 2 is 1.50 bits per heavy atom. The Hall–Kier alpha value is -2.41. The monoisotopic (exact) mass is 334 g/mol. The fourth-order valence-electron chi connectivity index (χ4n) is 2.07. The number of benzene rings is 1. The van der Waals surface area contributed by atoms with Crippen LogP contribution in [0.2, 0.25) is 0 Å². The molecule has 0 radical (unpaired) electrons. The minimum atomic E-state index is -0.221. The lowest BCUT2D eigenvalue weighted by atomic mass is 10.2. The smallest absolute Gasteiger partial charge is 0.253 e. The first kappa shape index (κ1) is 19.6. The Bertz CT molecular complexity index is 582. The highest BCUT2D eigenvalue weighted by Gasteiger charge is 2.12. The zero-order chi connectivity index (χ0) is 18.3. The molecule has 1 rings (SSSR count). The molecule has 0 unspecified atom stereocenters. The van der Waals surface area contributed by atoms with Crippen LogP contribution in [0.1, 0.15) is 24.2 Å². The van der Waals surface area contributed by atoms with Crippen LogP contribution in [-0.2, 0) is 9.59 Å². The number of nitrogens with one attached hydrogen (secondary N) is 2. The van der Waals surface area contributed by atoms with Crippen molar-refractivity contribution in [3.05, 3.63) is 29.8 Å². The molecule has 0 fully saturated rings. The molecule has 0 atom stereocenters. The third-order valence-corrected chi connectivity index (χ3v) is 3.10. The average molecular weight is 334 g/mol. The van der Waals surface area contributed by atoms with Gasteiger partial charge in [0, 0.05) is 31.4 Å². The highest BCUT2D eigenvalue weighted by atomic mass is 16.2. The van der Waals surface area contributed by atoms with Gasteiger partial charge in [0.15, 0.2) is 0 Å². The molecule has 0 aromatic heterocycles. The first-order chi connectivity index (χ1) is 11.2. The van der Waals surface area contributed by atoms with Gasteiger partial charge >= 0.3 is 0 Å². The molecule has 0 bridgehead atoms. The van der Waals surface area contributed by atoms with Gasteiger partial charge in [-0.3, -0.25) is 19.3 Å². The van der Waals surface area contributed by atoms with Crippen molar-refractivity contribution in [1.82, 2.24) is 15.1 Å². The second-order valence-corrected chi connectivity index (χ2v) is 6.22. The SMILES string of the molecule is CC(C)NC(=O)CN(C)CC(=O)Nc1ccc(C(=O)N(C)C)cc1. The number of rotatable bonds is 7. The van der Waals surface area contributed by atoms with E-state index in [0.717, 1.165) is 0 Å². The first-order valence-electron chi connectivity index (χ1n) is 7.78. The molecule has 0 aliphatic heterocycles. The molecule has 132 valence electrons. The van der Waals surface area contributed by atoms with Crippen molar-refractivity contribution in [2.45, 2.75) is 19.9 Å². The fraction of sp³-hybridized carbons (Fsp3) is 0.471. The van der Waals surface area contributed by atoms with Crippen LogP contribution >= 0.6 is 0 Å². The second-order valence-electron chi connectivity index (χ2n) is 6.22. The fourth-order valence-corrected chi connectivity index (χ4v) is 2.07. The van der Waals surface area contributed by atoms with Crippen LogP contribution in [0.3, 0.4) is 0 Å². The van der Waals surface area contributed by atoms with Gasteiger partial charge in [-0.25, -0.2) is 0 Å². The van der Waals surface area contributed by atoms with E-state index in [-0.39, 0.29) is 36.9 Å². The van der Waals surface area contributed by atoms with Gasteiger partial charge in [-0.15, -0.1) is 0 Å². The van der Waals surface area contributed by atoms with Gasteiger partial charge in [0.1, 0.15) is 0 Å². The number of hydrogen-bond donors (Lipinski definition) is 2. The molecule has 0 heterocycles. The van der Waals surface area contributed by atoms with Crippen LogP contribution in [0.5, 0.6) is 0 Å². The maximum absolute atomic E-state index is 12.0. The Morgan fingerprint density at radius 3 is 2.00 bits per heavy atom. The van der Waals surface area contributed by atoms with Crippen molar-refractivity contribution in [1.29, 1.82) is 0 Å². The van der Waals surface area contributed by atoms with Gasteiger partial charge in [-0.2, -0.15) is 0 Å². The minimum Gasteiger partial charge on any atom is -0.353 e. The Labute approximate surface area is 143 Å². The van der Waals surface area contributed by atoms with Gasteiger partial charge in [0.25, 0.3) is 5.91 Å². The van der Waals surface area contributed by atoms with Gasteiger partial charge in [-0.05, 0) is 45.2 Å². The predicted octanol–water partition coefficient (Wildman–Crippen LogP) is 0.783. The zero-order valence-corrected chi connectivity index (χ0v) is 14.9. The van der Waals surface area contributed by atoms with Gasteiger partial charge in [-0.1, -0.05) is 0 Å². The van der Waals surface area contributed by atoms with E-state index in [1.165, 1.54) is 4.90 Å². The van der Waals surface area contributed by atoms with Gasteiger partial charge < -0.3 is 15.5 Å². The van der Waals surface area contributed by atoms with Crippen molar-refractivity contribution < 1.29 is 14.4 Å². The van der Waals surface area contributed by atoms with Crippen molar-refractivity contribution in [3.8, 4) is 0 Å². The van der Waals surface area contributed by atoms with Crippen LogP contribution in [0, 0.1) is 0 Å². The number of nitrogens with zero attached hydrogens (tertiary/aromatic N) is 2. The third-order valence-electron chi connectivity index (χ3n) is 3.10. The summed E-state index contributed by atoms with van der Waals surface area (Å²) in [6.45, 7) is 4.02. The van der Waals surface area contributed by atoms with E-state index < -0.39 is 0 Å². The summed E-state index contributed by atoms with van der Waals surface area (Å²) in [7, 11) is 5.07. The summed E-state index contributed by atoms with van der Waals surface area (Å²) in [6.07, 6.45) is 0. The maximum Gasteiger partial charge on any atom is 0.253 e. The number of amides is 3. The van der Waals surface area contributed by atoms with Crippen LogP contribution < -0.4 is 10.6 Å². The first-order valence-corrected chi connectivity index (χ1v) is 7.78. The summed E-state index contributed by atoms with van der Waals surface area (Å²) >= 11 is 0. The molecule has 0 saturated carbocycles. The molecular weight excluding hydrogens is 308 g/mol. The molecule has 1 aromatic rings. The molecule has 7 nitrogen and oxygen atoms in total. The number of likely N-dealkylation sites (N-methyl/N-ethyl adjacent to an activating group) is 1. The normalized spacial score (nSPS) is 10.6. The van der Waals surface area contributed by atoms with E-state index in [4.69, 9.17) is 0 Å². The van der Waals surface area contributed by atoms with E-state index in [2.05, 4.69) is 10.6 Å². The maximum atomic E-state index is 12.0. The molecule has 0 aliphatic rings. The summed E-state index contributed by atoms with van der Waals surface area (Å²) in [5, 5.41) is 5.52. The number of carbonyl (C=O) groups is 3. The highest BCUT2D eigenvalue weighted by molar-refractivity contribution is 5.96. The van der Waals surface area contributed by atoms with E-state index in [0.29, 0.717) is 11.3 Å². The number of anilines is 1. The molecule has 2 N–H and O–H groups in total. The lowest BCUT2D eigenvalue weighted by molar-refractivity contribution is -0.123. The van der Waals surface area contributed by atoms with Crippen LogP contribution in [0.25, 0.3) is 0 Å². The van der Waals surface area contributed by atoms with Crippen molar-refractivity contribution >= 4 is 23.4 Å². The molecule has 1 aromatic carbocycles. The lowest BCUT2D eigenvalue weighted by Gasteiger charge is -2.17. The Kier molecular flexibility index (Phi) is 7.38.